The third-order valence-corrected chi connectivity index (χ3v) is 6.76. The molecule has 0 spiro atoms. The van der Waals surface area contributed by atoms with E-state index in [9.17, 15) is 9.59 Å². The third-order valence-electron chi connectivity index (χ3n) is 6.76. The first-order valence-electron chi connectivity index (χ1n) is 16.5. The number of carboxylic acid groups (broad SMARTS) is 2. The van der Waals surface area contributed by atoms with E-state index in [0.717, 1.165) is 25.7 Å². The van der Waals surface area contributed by atoms with Crippen LogP contribution in [0.15, 0.2) is 0 Å². The van der Waals surface area contributed by atoms with E-state index in [0.29, 0.717) is 13.2 Å². The van der Waals surface area contributed by atoms with Crippen molar-refractivity contribution >= 4 is 11.9 Å². The van der Waals surface area contributed by atoms with E-state index in [1.54, 1.807) is 0 Å². The minimum atomic E-state index is -1.04. The molecule has 0 bridgehead atoms. The lowest BCUT2D eigenvalue weighted by Gasteiger charge is -2.19. The van der Waals surface area contributed by atoms with Crippen LogP contribution in [-0.4, -0.2) is 100 Å². The number of aliphatic carboxylic acids is 2. The highest BCUT2D eigenvalue weighted by atomic mass is 16.6. The molecule has 0 aromatic rings. The Labute approximate surface area is 255 Å². The molecule has 0 amide bonds. The maximum Gasteiger partial charge on any atom is 0.329 e. The van der Waals surface area contributed by atoms with E-state index < -0.39 is 37.4 Å². The van der Waals surface area contributed by atoms with Crippen molar-refractivity contribution in [3.63, 3.8) is 0 Å². The Morgan fingerprint density at radius 2 is 0.738 bits per heavy atom. The van der Waals surface area contributed by atoms with E-state index in [2.05, 4.69) is 13.8 Å². The first-order chi connectivity index (χ1) is 20.5. The predicted octanol–water partition coefficient (Wildman–Crippen LogP) is 6.27. The van der Waals surface area contributed by atoms with Gasteiger partial charge in [0.25, 0.3) is 0 Å². The van der Waals surface area contributed by atoms with Gasteiger partial charge in [0.15, 0.2) is 0 Å². The van der Waals surface area contributed by atoms with Crippen molar-refractivity contribution in [1.82, 2.24) is 0 Å². The van der Waals surface area contributed by atoms with Crippen LogP contribution in [0.1, 0.15) is 117 Å². The molecule has 0 aliphatic carbocycles. The average Bonchev–Trinajstić information content (AvgIpc) is 2.97. The number of hydrogen-bond acceptors (Lipinski definition) is 8. The molecule has 0 heterocycles. The summed E-state index contributed by atoms with van der Waals surface area (Å²) >= 11 is 0. The Kier molecular flexibility index (Phi) is 31.6. The molecule has 0 aromatic heterocycles. The SMILES string of the molecule is CCCCCCCCCCOCC(COCCOCC(COCCCCCCCCCC)OCC(=O)O)OCC(=O)O. The topological polar surface area (TPSA) is 130 Å². The largest absolute Gasteiger partial charge is 0.480 e. The lowest BCUT2D eigenvalue weighted by molar-refractivity contribution is -0.150. The van der Waals surface area contributed by atoms with Crippen molar-refractivity contribution in [1.29, 1.82) is 0 Å². The van der Waals surface area contributed by atoms with Crippen LogP contribution in [0.5, 0.6) is 0 Å². The summed E-state index contributed by atoms with van der Waals surface area (Å²) < 4.78 is 33.5. The van der Waals surface area contributed by atoms with Crippen LogP contribution in [0.3, 0.4) is 0 Å². The van der Waals surface area contributed by atoms with Crippen LogP contribution in [0, 0.1) is 0 Å². The maximum atomic E-state index is 10.9. The predicted molar refractivity (Wildman–Crippen MR) is 163 cm³/mol. The van der Waals surface area contributed by atoms with Crippen molar-refractivity contribution in [2.24, 2.45) is 0 Å². The Bertz CT molecular complexity index is 540. The van der Waals surface area contributed by atoms with Crippen LogP contribution in [0.25, 0.3) is 0 Å². The maximum absolute atomic E-state index is 10.9. The van der Waals surface area contributed by atoms with Crippen molar-refractivity contribution in [3.8, 4) is 0 Å². The van der Waals surface area contributed by atoms with Gasteiger partial charge in [-0.25, -0.2) is 9.59 Å². The van der Waals surface area contributed by atoms with Gasteiger partial charge in [-0.1, -0.05) is 104 Å². The molecule has 10 heteroatoms. The molecular weight excluding hydrogens is 544 g/mol. The highest BCUT2D eigenvalue weighted by molar-refractivity contribution is 5.68. The molecule has 0 saturated heterocycles. The molecule has 42 heavy (non-hydrogen) atoms. The zero-order valence-corrected chi connectivity index (χ0v) is 26.7. The number of hydrogen-bond donors (Lipinski definition) is 2. The van der Waals surface area contributed by atoms with Gasteiger partial charge in [0.2, 0.25) is 0 Å². The zero-order chi connectivity index (χ0) is 30.9. The van der Waals surface area contributed by atoms with Gasteiger partial charge in [0, 0.05) is 13.2 Å². The van der Waals surface area contributed by atoms with Crippen molar-refractivity contribution in [2.75, 3.05) is 66.1 Å². The molecule has 0 fully saturated rings. The lowest BCUT2D eigenvalue weighted by Crippen LogP contribution is -2.30. The van der Waals surface area contributed by atoms with E-state index >= 15 is 0 Å². The molecule has 0 aliphatic rings. The van der Waals surface area contributed by atoms with Gasteiger partial charge >= 0.3 is 11.9 Å². The summed E-state index contributed by atoms with van der Waals surface area (Å²) in [4.78, 5) is 21.8. The number of unbranched alkanes of at least 4 members (excludes halogenated alkanes) is 14. The highest BCUT2D eigenvalue weighted by Gasteiger charge is 2.14. The molecule has 2 N–H and O–H groups in total. The van der Waals surface area contributed by atoms with Crippen molar-refractivity contribution in [2.45, 2.75) is 129 Å². The van der Waals surface area contributed by atoms with E-state index in [-0.39, 0.29) is 39.6 Å². The first kappa shape index (κ1) is 40.7. The second kappa shape index (κ2) is 32.6. The fourth-order valence-corrected chi connectivity index (χ4v) is 4.32. The highest BCUT2D eigenvalue weighted by Crippen LogP contribution is 2.10. The van der Waals surface area contributed by atoms with Gasteiger partial charge in [-0.3, -0.25) is 0 Å². The van der Waals surface area contributed by atoms with Gasteiger partial charge in [-0.15, -0.1) is 0 Å². The van der Waals surface area contributed by atoms with Gasteiger partial charge in [0.05, 0.1) is 39.6 Å². The van der Waals surface area contributed by atoms with Gasteiger partial charge in [-0.05, 0) is 12.8 Å². The number of carboxylic acids is 2. The summed E-state index contributed by atoms with van der Waals surface area (Å²) in [6.45, 7) is 6.32. The van der Waals surface area contributed by atoms with Crippen molar-refractivity contribution < 1.29 is 48.2 Å². The third kappa shape index (κ3) is 31.6. The summed E-state index contributed by atoms with van der Waals surface area (Å²) in [5, 5.41) is 17.9. The second-order valence-electron chi connectivity index (χ2n) is 10.9. The van der Waals surface area contributed by atoms with Crippen LogP contribution in [-0.2, 0) is 38.0 Å². The van der Waals surface area contributed by atoms with E-state index in [4.69, 9.17) is 38.6 Å². The first-order valence-corrected chi connectivity index (χ1v) is 16.5. The summed E-state index contributed by atoms with van der Waals surface area (Å²) in [5.74, 6) is -2.08. The normalized spacial score (nSPS) is 12.9. The molecule has 0 aromatic carbocycles. The molecule has 250 valence electrons. The standard InChI is InChI=1S/C32H62O10/c1-3-5-7-9-11-13-15-17-19-37-23-29(41-27-31(33)34)25-39-21-22-40-26-30(42-28-32(35)36)24-38-20-18-16-14-12-10-8-6-4-2/h29-30H,3-28H2,1-2H3,(H,33,34)(H,35,36). The van der Waals surface area contributed by atoms with Crippen LogP contribution < -0.4 is 0 Å². The summed E-state index contributed by atoms with van der Waals surface area (Å²) in [7, 11) is 0. The lowest BCUT2D eigenvalue weighted by atomic mass is 10.1. The summed E-state index contributed by atoms with van der Waals surface area (Å²) in [5.41, 5.74) is 0. The molecule has 0 radical (unpaired) electrons. The van der Waals surface area contributed by atoms with Crippen LogP contribution in [0.4, 0.5) is 0 Å². The quantitative estimate of drug-likeness (QED) is 0.0796. The fourth-order valence-electron chi connectivity index (χ4n) is 4.32. The van der Waals surface area contributed by atoms with Gasteiger partial charge in [0.1, 0.15) is 25.4 Å². The Morgan fingerprint density at radius 3 is 1.05 bits per heavy atom. The Morgan fingerprint density at radius 1 is 0.452 bits per heavy atom. The average molecular weight is 607 g/mol. The molecule has 10 nitrogen and oxygen atoms in total. The summed E-state index contributed by atoms with van der Waals surface area (Å²) in [6, 6.07) is 0. The Hall–Kier alpha value is -1.30. The smallest absolute Gasteiger partial charge is 0.329 e. The minimum Gasteiger partial charge on any atom is -0.480 e. The van der Waals surface area contributed by atoms with Crippen LogP contribution in [0.2, 0.25) is 0 Å². The molecule has 2 atom stereocenters. The second-order valence-corrected chi connectivity index (χ2v) is 10.9. The number of ether oxygens (including phenoxy) is 6. The monoisotopic (exact) mass is 606 g/mol. The van der Waals surface area contributed by atoms with Gasteiger partial charge < -0.3 is 38.6 Å². The summed E-state index contributed by atoms with van der Waals surface area (Å²) in [6.07, 6.45) is 18.5. The molecule has 0 rings (SSSR count). The minimum absolute atomic E-state index is 0.189. The van der Waals surface area contributed by atoms with Crippen molar-refractivity contribution in [3.05, 3.63) is 0 Å². The molecular formula is C32H62O10. The van der Waals surface area contributed by atoms with Crippen LogP contribution >= 0.6 is 0 Å². The molecule has 2 unspecified atom stereocenters. The van der Waals surface area contributed by atoms with Gasteiger partial charge in [-0.2, -0.15) is 0 Å². The molecule has 0 aliphatic heterocycles. The van der Waals surface area contributed by atoms with E-state index in [1.807, 2.05) is 0 Å². The Balaban J connectivity index is 4.05. The van der Waals surface area contributed by atoms with E-state index in [1.165, 1.54) is 77.0 Å². The number of carbonyl (C=O) groups is 2. The molecule has 0 saturated carbocycles. The number of rotatable bonds is 35. The fraction of sp³-hybridized carbons (Fsp3) is 0.938. The zero-order valence-electron chi connectivity index (χ0n) is 26.7.